The molecule has 1 aliphatic rings. The molecule has 0 spiro atoms. The summed E-state index contributed by atoms with van der Waals surface area (Å²) >= 11 is 3.36. The maximum Gasteiger partial charge on any atom is 0.407 e. The smallest absolute Gasteiger partial charge is 0.407 e. The molecule has 1 fully saturated rings. The van der Waals surface area contributed by atoms with Crippen molar-refractivity contribution in [1.82, 2.24) is 10.2 Å². The summed E-state index contributed by atoms with van der Waals surface area (Å²) in [4.78, 5) is 26.0. The van der Waals surface area contributed by atoms with Crippen molar-refractivity contribution in [2.24, 2.45) is 0 Å². The van der Waals surface area contributed by atoms with E-state index in [4.69, 9.17) is 4.74 Å². The molecule has 5 nitrogen and oxygen atoms in total. The SMILES string of the molecule is CC(C)(C)OC(=O)NC1CCN(C(=O)c2ccc(Br)cc2)CC1. The van der Waals surface area contributed by atoms with Crippen LogP contribution in [-0.2, 0) is 4.74 Å². The molecule has 126 valence electrons. The van der Waals surface area contributed by atoms with Crippen LogP contribution in [0.25, 0.3) is 0 Å². The molecule has 0 aromatic heterocycles. The number of carbonyl (C=O) groups is 2. The highest BCUT2D eigenvalue weighted by atomic mass is 79.9. The molecule has 6 heteroatoms. The molecule has 1 aromatic rings. The number of ether oxygens (including phenoxy) is 1. The van der Waals surface area contributed by atoms with Crippen molar-refractivity contribution in [3.8, 4) is 0 Å². The first kappa shape index (κ1) is 17.8. The first-order valence-corrected chi connectivity index (χ1v) is 8.58. The first-order valence-electron chi connectivity index (χ1n) is 7.79. The van der Waals surface area contributed by atoms with Crippen LogP contribution in [0.5, 0.6) is 0 Å². The van der Waals surface area contributed by atoms with Gasteiger partial charge in [0.15, 0.2) is 0 Å². The average molecular weight is 383 g/mol. The summed E-state index contributed by atoms with van der Waals surface area (Å²) in [5, 5.41) is 2.88. The van der Waals surface area contributed by atoms with Crippen LogP contribution in [0, 0.1) is 0 Å². The van der Waals surface area contributed by atoms with E-state index in [1.165, 1.54) is 0 Å². The van der Waals surface area contributed by atoms with Gasteiger partial charge in [-0.15, -0.1) is 0 Å². The average Bonchev–Trinajstić information content (AvgIpc) is 2.46. The molecule has 0 unspecified atom stereocenters. The summed E-state index contributed by atoms with van der Waals surface area (Å²) in [6, 6.07) is 7.42. The summed E-state index contributed by atoms with van der Waals surface area (Å²) in [6.45, 7) is 6.79. The zero-order valence-electron chi connectivity index (χ0n) is 13.8. The van der Waals surface area contributed by atoms with E-state index in [9.17, 15) is 9.59 Å². The summed E-state index contributed by atoms with van der Waals surface area (Å²) < 4.78 is 6.21. The Morgan fingerprint density at radius 1 is 1.17 bits per heavy atom. The maximum absolute atomic E-state index is 12.4. The van der Waals surface area contributed by atoms with Gasteiger partial charge in [0, 0.05) is 29.2 Å². The third kappa shape index (κ3) is 5.53. The van der Waals surface area contributed by atoms with Crippen LogP contribution in [0.4, 0.5) is 4.79 Å². The number of nitrogens with zero attached hydrogens (tertiary/aromatic N) is 1. The fourth-order valence-corrected chi connectivity index (χ4v) is 2.74. The molecule has 1 aromatic carbocycles. The molecule has 1 heterocycles. The predicted octanol–water partition coefficient (Wildman–Crippen LogP) is 3.58. The van der Waals surface area contributed by atoms with Crippen LogP contribution >= 0.6 is 15.9 Å². The van der Waals surface area contributed by atoms with Crippen molar-refractivity contribution in [2.75, 3.05) is 13.1 Å². The van der Waals surface area contributed by atoms with Gasteiger partial charge in [-0.2, -0.15) is 0 Å². The zero-order chi connectivity index (χ0) is 17.0. The molecule has 0 aliphatic carbocycles. The van der Waals surface area contributed by atoms with E-state index in [1.54, 1.807) is 0 Å². The number of halogens is 1. The molecule has 1 N–H and O–H groups in total. The number of piperidine rings is 1. The zero-order valence-corrected chi connectivity index (χ0v) is 15.4. The fourth-order valence-electron chi connectivity index (χ4n) is 2.48. The number of alkyl carbamates (subject to hydrolysis) is 1. The minimum atomic E-state index is -0.498. The Kier molecular flexibility index (Phi) is 5.68. The Morgan fingerprint density at radius 2 is 1.74 bits per heavy atom. The Bertz CT molecular complexity index is 558. The fraction of sp³-hybridized carbons (Fsp3) is 0.529. The lowest BCUT2D eigenvalue weighted by molar-refractivity contribution is 0.0473. The van der Waals surface area contributed by atoms with Crippen LogP contribution in [0.15, 0.2) is 28.7 Å². The standard InChI is InChI=1S/C17H23BrN2O3/c1-17(2,3)23-16(22)19-14-8-10-20(11-9-14)15(21)12-4-6-13(18)7-5-12/h4-7,14H,8-11H2,1-3H3,(H,19,22). The van der Waals surface area contributed by atoms with Gasteiger partial charge in [-0.05, 0) is 57.9 Å². The van der Waals surface area contributed by atoms with Gasteiger partial charge in [-0.1, -0.05) is 15.9 Å². The summed E-state index contributed by atoms with van der Waals surface area (Å²) in [5.41, 5.74) is 0.189. The van der Waals surface area contributed by atoms with Crippen LogP contribution in [0.2, 0.25) is 0 Å². The van der Waals surface area contributed by atoms with E-state index >= 15 is 0 Å². The first-order chi connectivity index (χ1) is 10.7. The topological polar surface area (TPSA) is 58.6 Å². The van der Waals surface area contributed by atoms with Crippen molar-refractivity contribution in [2.45, 2.75) is 45.3 Å². The van der Waals surface area contributed by atoms with Crippen molar-refractivity contribution in [3.05, 3.63) is 34.3 Å². The lowest BCUT2D eigenvalue weighted by Crippen LogP contribution is -2.47. The number of amides is 2. The molecule has 0 radical (unpaired) electrons. The molecule has 2 amide bonds. The minimum absolute atomic E-state index is 0.0354. The lowest BCUT2D eigenvalue weighted by atomic mass is 10.0. The minimum Gasteiger partial charge on any atom is -0.444 e. The van der Waals surface area contributed by atoms with Gasteiger partial charge in [0.25, 0.3) is 5.91 Å². The van der Waals surface area contributed by atoms with Crippen LogP contribution in [0.3, 0.4) is 0 Å². The number of benzene rings is 1. The highest BCUT2D eigenvalue weighted by molar-refractivity contribution is 9.10. The van der Waals surface area contributed by atoms with E-state index in [0.717, 1.165) is 17.3 Å². The molecular formula is C17H23BrN2O3. The van der Waals surface area contributed by atoms with Gasteiger partial charge in [0.1, 0.15) is 5.60 Å². The third-order valence-electron chi connectivity index (χ3n) is 3.59. The van der Waals surface area contributed by atoms with Gasteiger partial charge in [0.05, 0.1) is 0 Å². The molecule has 23 heavy (non-hydrogen) atoms. The Hall–Kier alpha value is -1.56. The normalized spacial score (nSPS) is 16.1. The quantitative estimate of drug-likeness (QED) is 0.850. The number of hydrogen-bond acceptors (Lipinski definition) is 3. The van der Waals surface area contributed by atoms with Crippen LogP contribution in [-0.4, -0.2) is 41.6 Å². The second kappa shape index (κ2) is 7.34. The van der Waals surface area contributed by atoms with E-state index in [-0.39, 0.29) is 11.9 Å². The molecule has 0 atom stereocenters. The number of likely N-dealkylation sites (tertiary alicyclic amines) is 1. The Labute approximate surface area is 145 Å². The summed E-state index contributed by atoms with van der Waals surface area (Å²) in [7, 11) is 0. The Morgan fingerprint density at radius 3 is 2.26 bits per heavy atom. The molecule has 2 rings (SSSR count). The monoisotopic (exact) mass is 382 g/mol. The number of nitrogens with one attached hydrogen (secondary N) is 1. The van der Waals surface area contributed by atoms with Crippen molar-refractivity contribution >= 4 is 27.9 Å². The summed E-state index contributed by atoms with van der Waals surface area (Å²) in [6.07, 6.45) is 1.08. The molecule has 0 bridgehead atoms. The second-order valence-electron chi connectivity index (χ2n) is 6.72. The number of hydrogen-bond donors (Lipinski definition) is 1. The maximum atomic E-state index is 12.4. The Balaban J connectivity index is 1.83. The lowest BCUT2D eigenvalue weighted by Gasteiger charge is -2.33. The van der Waals surface area contributed by atoms with Gasteiger partial charge < -0.3 is 15.0 Å². The molecule has 1 aliphatic heterocycles. The van der Waals surface area contributed by atoms with E-state index in [2.05, 4.69) is 21.2 Å². The largest absolute Gasteiger partial charge is 0.444 e. The van der Waals surface area contributed by atoms with Crippen molar-refractivity contribution in [3.63, 3.8) is 0 Å². The van der Waals surface area contributed by atoms with Crippen molar-refractivity contribution in [1.29, 1.82) is 0 Å². The van der Waals surface area contributed by atoms with Gasteiger partial charge in [0.2, 0.25) is 0 Å². The van der Waals surface area contributed by atoms with E-state index in [0.29, 0.717) is 18.7 Å². The highest BCUT2D eigenvalue weighted by Crippen LogP contribution is 2.17. The molecule has 0 saturated carbocycles. The van der Waals surface area contributed by atoms with Gasteiger partial charge >= 0.3 is 6.09 Å². The van der Waals surface area contributed by atoms with E-state index < -0.39 is 11.7 Å². The van der Waals surface area contributed by atoms with Crippen LogP contribution in [0.1, 0.15) is 44.0 Å². The molecule has 1 saturated heterocycles. The summed E-state index contributed by atoms with van der Waals surface area (Å²) in [5.74, 6) is 0.0354. The van der Waals surface area contributed by atoms with Crippen molar-refractivity contribution < 1.29 is 14.3 Å². The van der Waals surface area contributed by atoms with E-state index in [1.807, 2.05) is 49.9 Å². The third-order valence-corrected chi connectivity index (χ3v) is 4.12. The van der Waals surface area contributed by atoms with Crippen LogP contribution < -0.4 is 5.32 Å². The molecular weight excluding hydrogens is 360 g/mol. The second-order valence-corrected chi connectivity index (χ2v) is 7.64. The number of rotatable bonds is 2. The number of carbonyl (C=O) groups excluding carboxylic acids is 2. The predicted molar refractivity (Wildman–Crippen MR) is 92.4 cm³/mol. The highest BCUT2D eigenvalue weighted by Gasteiger charge is 2.26. The van der Waals surface area contributed by atoms with Gasteiger partial charge in [-0.25, -0.2) is 4.79 Å². The van der Waals surface area contributed by atoms with Gasteiger partial charge in [-0.3, -0.25) is 4.79 Å².